The highest BCUT2D eigenvalue weighted by molar-refractivity contribution is 6.06. The predicted molar refractivity (Wildman–Crippen MR) is 150 cm³/mol. The Kier molecular flexibility index (Phi) is 7.06. The van der Waals surface area contributed by atoms with Crippen molar-refractivity contribution < 1.29 is 19.1 Å². The Hall–Kier alpha value is -4.12. The third-order valence-corrected chi connectivity index (χ3v) is 8.03. The standard InChI is InChI=1S/C34H33NO4/c1-38-31-20-25(18-19-30(31)39-22-24-12-6-3-7-13-24)32-33-26(14-8-16-28(33)36)35(21-23-10-4-2-5-11-23)27-15-9-17-29(37)34(27)32/h2-7,10-13,18-20,32H,8-9,14-17,21-22H2,1H3. The summed E-state index contributed by atoms with van der Waals surface area (Å²) in [5.74, 6) is 1.16. The summed E-state index contributed by atoms with van der Waals surface area (Å²) in [5, 5.41) is 0. The summed E-state index contributed by atoms with van der Waals surface area (Å²) >= 11 is 0. The first kappa shape index (κ1) is 25.2. The number of benzene rings is 3. The van der Waals surface area contributed by atoms with E-state index < -0.39 is 0 Å². The van der Waals surface area contributed by atoms with E-state index in [-0.39, 0.29) is 17.5 Å². The quantitative estimate of drug-likeness (QED) is 0.340. The van der Waals surface area contributed by atoms with E-state index in [9.17, 15) is 9.59 Å². The second kappa shape index (κ2) is 10.9. The van der Waals surface area contributed by atoms with Gasteiger partial charge in [-0.3, -0.25) is 9.59 Å². The lowest BCUT2D eigenvalue weighted by atomic mass is 9.71. The largest absolute Gasteiger partial charge is 0.493 e. The van der Waals surface area contributed by atoms with Crippen LogP contribution in [-0.4, -0.2) is 23.6 Å². The smallest absolute Gasteiger partial charge is 0.161 e. The van der Waals surface area contributed by atoms with Crippen LogP contribution in [0.2, 0.25) is 0 Å². The van der Waals surface area contributed by atoms with Gasteiger partial charge in [-0.05, 0) is 54.5 Å². The Labute approximate surface area is 229 Å². The van der Waals surface area contributed by atoms with Gasteiger partial charge in [0, 0.05) is 47.8 Å². The molecule has 0 saturated heterocycles. The Morgan fingerprint density at radius 1 is 0.718 bits per heavy atom. The van der Waals surface area contributed by atoms with E-state index in [1.54, 1.807) is 7.11 Å². The number of methoxy groups -OCH3 is 1. The molecule has 0 atom stereocenters. The first-order chi connectivity index (χ1) is 19.1. The van der Waals surface area contributed by atoms with Crippen LogP contribution in [0, 0.1) is 0 Å². The molecule has 0 unspecified atom stereocenters. The highest BCUT2D eigenvalue weighted by atomic mass is 16.5. The first-order valence-electron chi connectivity index (χ1n) is 13.8. The summed E-state index contributed by atoms with van der Waals surface area (Å²) < 4.78 is 11.9. The maximum absolute atomic E-state index is 13.6. The Balaban J connectivity index is 1.42. The second-order valence-electron chi connectivity index (χ2n) is 10.5. The molecular formula is C34H33NO4. The highest BCUT2D eigenvalue weighted by Gasteiger charge is 2.43. The zero-order valence-electron chi connectivity index (χ0n) is 22.3. The lowest BCUT2D eigenvalue weighted by Gasteiger charge is -2.44. The lowest BCUT2D eigenvalue weighted by Crippen LogP contribution is -2.38. The van der Waals surface area contributed by atoms with Gasteiger partial charge in [-0.1, -0.05) is 66.7 Å². The van der Waals surface area contributed by atoms with Gasteiger partial charge in [0.2, 0.25) is 0 Å². The fourth-order valence-electron chi connectivity index (χ4n) is 6.22. The van der Waals surface area contributed by atoms with Crippen LogP contribution < -0.4 is 9.47 Å². The number of Topliss-reactive ketones (excluding diaryl/α,β-unsaturated/α-hetero) is 2. The SMILES string of the molecule is COc1cc(C2C3=C(CCCC3=O)N(Cc3ccccc3)C3=C2C(=O)CCC3)ccc1OCc1ccccc1. The van der Waals surface area contributed by atoms with Crippen molar-refractivity contribution in [3.8, 4) is 11.5 Å². The van der Waals surface area contributed by atoms with E-state index in [1.807, 2.05) is 66.7 Å². The zero-order chi connectivity index (χ0) is 26.8. The average molecular weight is 520 g/mol. The molecule has 1 heterocycles. The van der Waals surface area contributed by atoms with Crippen LogP contribution in [0.4, 0.5) is 0 Å². The highest BCUT2D eigenvalue weighted by Crippen LogP contribution is 2.50. The molecule has 3 aliphatic rings. The fourth-order valence-corrected chi connectivity index (χ4v) is 6.22. The molecule has 0 radical (unpaired) electrons. The first-order valence-corrected chi connectivity index (χ1v) is 13.8. The normalized spacial score (nSPS) is 17.7. The van der Waals surface area contributed by atoms with Gasteiger partial charge in [-0.15, -0.1) is 0 Å². The van der Waals surface area contributed by atoms with Gasteiger partial charge in [0.15, 0.2) is 23.1 Å². The molecule has 5 nitrogen and oxygen atoms in total. The molecule has 0 amide bonds. The van der Waals surface area contributed by atoms with Crippen molar-refractivity contribution in [2.45, 2.75) is 57.6 Å². The van der Waals surface area contributed by atoms with Crippen molar-refractivity contribution in [3.05, 3.63) is 118 Å². The number of nitrogens with zero attached hydrogens (tertiary/aromatic N) is 1. The van der Waals surface area contributed by atoms with Crippen LogP contribution in [0.5, 0.6) is 11.5 Å². The number of ether oxygens (including phenoxy) is 2. The maximum Gasteiger partial charge on any atom is 0.161 e. The van der Waals surface area contributed by atoms with Crippen molar-refractivity contribution in [3.63, 3.8) is 0 Å². The van der Waals surface area contributed by atoms with Crippen molar-refractivity contribution in [1.29, 1.82) is 0 Å². The summed E-state index contributed by atoms with van der Waals surface area (Å²) in [5.41, 5.74) is 6.88. The van der Waals surface area contributed by atoms with Crippen LogP contribution in [0.25, 0.3) is 0 Å². The van der Waals surface area contributed by atoms with E-state index in [0.717, 1.165) is 59.4 Å². The van der Waals surface area contributed by atoms with E-state index in [0.29, 0.717) is 37.5 Å². The molecule has 0 saturated carbocycles. The Morgan fingerprint density at radius 2 is 1.31 bits per heavy atom. The maximum atomic E-state index is 13.6. The minimum atomic E-state index is -0.375. The number of carbonyl (C=O) groups excluding carboxylic acids is 2. The number of ketones is 2. The Morgan fingerprint density at radius 3 is 1.90 bits per heavy atom. The number of allylic oxidation sites excluding steroid dienone is 4. The summed E-state index contributed by atoms with van der Waals surface area (Å²) in [6.07, 6.45) is 4.38. The van der Waals surface area contributed by atoms with Crippen molar-refractivity contribution in [1.82, 2.24) is 4.90 Å². The monoisotopic (exact) mass is 519 g/mol. The minimum absolute atomic E-state index is 0.146. The van der Waals surface area contributed by atoms with Gasteiger partial charge < -0.3 is 14.4 Å². The molecule has 0 aromatic heterocycles. The fraction of sp³-hybridized carbons (Fsp3) is 0.294. The molecule has 0 bridgehead atoms. The van der Waals surface area contributed by atoms with Gasteiger partial charge >= 0.3 is 0 Å². The predicted octanol–water partition coefficient (Wildman–Crippen LogP) is 6.89. The van der Waals surface area contributed by atoms with Gasteiger partial charge in [-0.25, -0.2) is 0 Å². The van der Waals surface area contributed by atoms with E-state index in [1.165, 1.54) is 5.56 Å². The summed E-state index contributed by atoms with van der Waals surface area (Å²) in [4.78, 5) is 29.5. The van der Waals surface area contributed by atoms with Crippen LogP contribution in [0.15, 0.2) is 101 Å². The van der Waals surface area contributed by atoms with E-state index in [4.69, 9.17) is 9.47 Å². The topological polar surface area (TPSA) is 55.8 Å². The summed E-state index contributed by atoms with van der Waals surface area (Å²) in [6.45, 7) is 1.09. The molecule has 0 fully saturated rings. The zero-order valence-corrected chi connectivity index (χ0v) is 22.3. The van der Waals surface area contributed by atoms with E-state index in [2.05, 4.69) is 17.0 Å². The molecular weight excluding hydrogens is 486 g/mol. The third kappa shape index (κ3) is 4.89. The van der Waals surface area contributed by atoms with Crippen LogP contribution in [0.1, 0.15) is 61.1 Å². The number of hydrogen-bond donors (Lipinski definition) is 0. The Bertz CT molecular complexity index is 1410. The molecule has 3 aromatic rings. The second-order valence-corrected chi connectivity index (χ2v) is 10.5. The number of carbonyl (C=O) groups is 2. The molecule has 3 aromatic carbocycles. The van der Waals surface area contributed by atoms with Crippen molar-refractivity contribution >= 4 is 11.6 Å². The molecule has 6 rings (SSSR count). The number of hydrogen-bond acceptors (Lipinski definition) is 5. The summed E-state index contributed by atoms with van der Waals surface area (Å²) in [7, 11) is 1.63. The molecule has 0 spiro atoms. The molecule has 5 heteroatoms. The van der Waals surface area contributed by atoms with Gasteiger partial charge in [-0.2, -0.15) is 0 Å². The molecule has 2 aliphatic carbocycles. The van der Waals surface area contributed by atoms with Gasteiger partial charge in [0.25, 0.3) is 0 Å². The molecule has 198 valence electrons. The van der Waals surface area contributed by atoms with Crippen LogP contribution in [0.3, 0.4) is 0 Å². The van der Waals surface area contributed by atoms with Crippen LogP contribution in [-0.2, 0) is 22.7 Å². The van der Waals surface area contributed by atoms with Crippen molar-refractivity contribution in [2.24, 2.45) is 0 Å². The molecule has 0 N–H and O–H groups in total. The van der Waals surface area contributed by atoms with Crippen molar-refractivity contribution in [2.75, 3.05) is 7.11 Å². The van der Waals surface area contributed by atoms with Crippen LogP contribution >= 0.6 is 0 Å². The van der Waals surface area contributed by atoms with E-state index >= 15 is 0 Å². The molecule has 39 heavy (non-hydrogen) atoms. The summed E-state index contributed by atoms with van der Waals surface area (Å²) in [6, 6.07) is 26.2. The third-order valence-electron chi connectivity index (χ3n) is 8.03. The number of rotatable bonds is 7. The lowest BCUT2D eigenvalue weighted by molar-refractivity contribution is -0.117. The van der Waals surface area contributed by atoms with Gasteiger partial charge in [0.05, 0.1) is 7.11 Å². The molecule has 1 aliphatic heterocycles. The van der Waals surface area contributed by atoms with Gasteiger partial charge in [0.1, 0.15) is 6.61 Å². The average Bonchev–Trinajstić information content (AvgIpc) is 2.98. The minimum Gasteiger partial charge on any atom is -0.493 e.